The number of pyridine rings is 1. The van der Waals surface area contributed by atoms with Crippen LogP contribution in [0.3, 0.4) is 0 Å². The van der Waals surface area contributed by atoms with Crippen LogP contribution in [0.4, 0.5) is 4.79 Å². The standard InChI is InChI=1S/C24H25N5O/c1-17-5-9-19(10-6-17)16-27-24(30)26-14-15-29-22(20-11-7-18(2)8-12-20)28-21-4-3-13-25-23(21)29/h3-13H,14-16H2,1-2H3,(H2,26,27,30). The average molecular weight is 399 g/mol. The van der Waals surface area contributed by atoms with Crippen LogP contribution in [0.5, 0.6) is 0 Å². The van der Waals surface area contributed by atoms with E-state index in [9.17, 15) is 4.79 Å². The van der Waals surface area contributed by atoms with Gasteiger partial charge in [-0.3, -0.25) is 0 Å². The van der Waals surface area contributed by atoms with Crippen LogP contribution in [0.15, 0.2) is 66.9 Å². The van der Waals surface area contributed by atoms with E-state index in [4.69, 9.17) is 4.98 Å². The van der Waals surface area contributed by atoms with E-state index in [-0.39, 0.29) is 6.03 Å². The first-order chi connectivity index (χ1) is 14.6. The topological polar surface area (TPSA) is 71.8 Å². The normalized spacial score (nSPS) is 10.9. The summed E-state index contributed by atoms with van der Waals surface area (Å²) in [6.45, 7) is 5.66. The molecule has 2 heterocycles. The van der Waals surface area contributed by atoms with E-state index in [1.165, 1.54) is 11.1 Å². The van der Waals surface area contributed by atoms with Crippen molar-refractivity contribution in [3.8, 4) is 11.4 Å². The molecule has 0 unspecified atom stereocenters. The van der Waals surface area contributed by atoms with Crippen molar-refractivity contribution in [2.45, 2.75) is 26.9 Å². The monoisotopic (exact) mass is 399 g/mol. The molecule has 0 saturated heterocycles. The molecule has 2 N–H and O–H groups in total. The number of nitrogens with one attached hydrogen (secondary N) is 2. The molecule has 0 aliphatic heterocycles. The summed E-state index contributed by atoms with van der Waals surface area (Å²) in [6, 6.07) is 20.0. The van der Waals surface area contributed by atoms with E-state index in [1.807, 2.05) is 43.3 Å². The SMILES string of the molecule is Cc1ccc(CNC(=O)NCCn2c(-c3ccc(C)cc3)nc3cccnc32)cc1. The molecular formula is C24H25N5O. The van der Waals surface area contributed by atoms with Gasteiger partial charge in [-0.2, -0.15) is 0 Å². The van der Waals surface area contributed by atoms with Crippen molar-refractivity contribution < 1.29 is 4.79 Å². The van der Waals surface area contributed by atoms with Crippen LogP contribution < -0.4 is 10.6 Å². The second-order valence-electron chi connectivity index (χ2n) is 7.39. The number of nitrogens with zero attached hydrogens (tertiary/aromatic N) is 3. The van der Waals surface area contributed by atoms with Gasteiger partial charge in [0.25, 0.3) is 0 Å². The van der Waals surface area contributed by atoms with Crippen LogP contribution in [0, 0.1) is 13.8 Å². The van der Waals surface area contributed by atoms with E-state index in [0.717, 1.165) is 28.1 Å². The molecule has 6 heteroatoms. The second-order valence-corrected chi connectivity index (χ2v) is 7.39. The van der Waals surface area contributed by atoms with Crippen LogP contribution >= 0.6 is 0 Å². The highest BCUT2D eigenvalue weighted by Crippen LogP contribution is 2.23. The Bertz CT molecular complexity index is 1150. The zero-order valence-corrected chi connectivity index (χ0v) is 17.2. The zero-order valence-electron chi connectivity index (χ0n) is 17.2. The largest absolute Gasteiger partial charge is 0.336 e. The number of hydrogen-bond acceptors (Lipinski definition) is 3. The van der Waals surface area contributed by atoms with E-state index in [0.29, 0.717) is 19.6 Å². The third-order valence-corrected chi connectivity index (χ3v) is 5.01. The quantitative estimate of drug-likeness (QED) is 0.510. The van der Waals surface area contributed by atoms with Gasteiger partial charge in [-0.15, -0.1) is 0 Å². The number of urea groups is 1. The molecule has 0 fully saturated rings. The Morgan fingerprint density at radius 1 is 0.933 bits per heavy atom. The van der Waals surface area contributed by atoms with Crippen LogP contribution in [0.1, 0.15) is 16.7 Å². The van der Waals surface area contributed by atoms with Gasteiger partial charge in [0.15, 0.2) is 5.65 Å². The predicted molar refractivity (Wildman–Crippen MR) is 119 cm³/mol. The molecule has 0 bridgehead atoms. The average Bonchev–Trinajstić information content (AvgIpc) is 3.12. The fourth-order valence-electron chi connectivity index (χ4n) is 3.33. The van der Waals surface area contributed by atoms with Crippen LogP contribution in [0.25, 0.3) is 22.6 Å². The smallest absolute Gasteiger partial charge is 0.315 e. The number of hydrogen-bond donors (Lipinski definition) is 2. The molecule has 2 aromatic heterocycles. The van der Waals surface area contributed by atoms with Crippen molar-refractivity contribution in [2.75, 3.05) is 6.54 Å². The Kier molecular flexibility index (Phi) is 5.75. The van der Waals surface area contributed by atoms with Crippen molar-refractivity contribution in [1.29, 1.82) is 0 Å². The number of rotatable bonds is 6. The molecule has 4 rings (SSSR count). The summed E-state index contributed by atoms with van der Waals surface area (Å²) >= 11 is 0. The molecule has 0 radical (unpaired) electrons. The summed E-state index contributed by atoms with van der Waals surface area (Å²) in [5.74, 6) is 0.852. The van der Waals surface area contributed by atoms with Gasteiger partial charge in [0.2, 0.25) is 0 Å². The molecule has 4 aromatic rings. The van der Waals surface area contributed by atoms with Gasteiger partial charge < -0.3 is 15.2 Å². The molecule has 6 nitrogen and oxygen atoms in total. The number of aromatic nitrogens is 3. The number of amides is 2. The van der Waals surface area contributed by atoms with E-state index in [1.54, 1.807) is 6.20 Å². The van der Waals surface area contributed by atoms with Gasteiger partial charge in [0.1, 0.15) is 11.3 Å². The molecule has 152 valence electrons. The first kappa shape index (κ1) is 19.6. The fraction of sp³-hybridized carbons (Fsp3) is 0.208. The molecule has 2 amide bonds. The number of imidazole rings is 1. The maximum absolute atomic E-state index is 12.2. The van der Waals surface area contributed by atoms with Gasteiger partial charge >= 0.3 is 6.03 Å². The van der Waals surface area contributed by atoms with Crippen molar-refractivity contribution in [3.63, 3.8) is 0 Å². The van der Waals surface area contributed by atoms with Crippen molar-refractivity contribution in [3.05, 3.63) is 83.6 Å². The minimum atomic E-state index is -0.190. The highest BCUT2D eigenvalue weighted by Gasteiger charge is 2.13. The van der Waals surface area contributed by atoms with Gasteiger partial charge in [-0.1, -0.05) is 59.7 Å². The lowest BCUT2D eigenvalue weighted by Crippen LogP contribution is -2.36. The van der Waals surface area contributed by atoms with Crippen LogP contribution in [-0.2, 0) is 13.1 Å². The summed E-state index contributed by atoms with van der Waals surface area (Å²) < 4.78 is 2.06. The Balaban J connectivity index is 1.43. The number of carbonyl (C=O) groups excluding carboxylic acids is 1. The third-order valence-electron chi connectivity index (χ3n) is 5.01. The van der Waals surface area contributed by atoms with Gasteiger partial charge in [-0.05, 0) is 31.5 Å². The van der Waals surface area contributed by atoms with E-state index in [2.05, 4.69) is 51.4 Å². The number of fused-ring (bicyclic) bond motifs is 1. The molecule has 0 atom stereocenters. The molecule has 30 heavy (non-hydrogen) atoms. The zero-order chi connectivity index (χ0) is 20.9. The lowest BCUT2D eigenvalue weighted by atomic mass is 10.1. The molecule has 2 aromatic carbocycles. The minimum Gasteiger partial charge on any atom is -0.336 e. The maximum Gasteiger partial charge on any atom is 0.315 e. The fourth-order valence-corrected chi connectivity index (χ4v) is 3.33. The summed E-state index contributed by atoms with van der Waals surface area (Å²) in [6.07, 6.45) is 1.77. The van der Waals surface area contributed by atoms with Gasteiger partial charge in [-0.25, -0.2) is 14.8 Å². The molecule has 0 aliphatic rings. The van der Waals surface area contributed by atoms with Crippen LogP contribution in [-0.4, -0.2) is 27.1 Å². The molecule has 0 aliphatic carbocycles. The van der Waals surface area contributed by atoms with Crippen molar-refractivity contribution >= 4 is 17.2 Å². The minimum absolute atomic E-state index is 0.190. The highest BCUT2D eigenvalue weighted by molar-refractivity contribution is 5.77. The Morgan fingerprint density at radius 2 is 1.63 bits per heavy atom. The number of benzene rings is 2. The Hall–Kier alpha value is -3.67. The Labute approximate surface area is 176 Å². The lowest BCUT2D eigenvalue weighted by molar-refractivity contribution is 0.240. The summed E-state index contributed by atoms with van der Waals surface area (Å²) in [5, 5.41) is 5.83. The maximum atomic E-state index is 12.2. The van der Waals surface area contributed by atoms with Gasteiger partial charge in [0.05, 0.1) is 0 Å². The molecule has 0 saturated carbocycles. The van der Waals surface area contributed by atoms with Crippen LogP contribution in [0.2, 0.25) is 0 Å². The van der Waals surface area contributed by atoms with E-state index >= 15 is 0 Å². The highest BCUT2D eigenvalue weighted by atomic mass is 16.2. The third kappa shape index (κ3) is 4.49. The summed E-state index contributed by atoms with van der Waals surface area (Å²) in [5.41, 5.74) is 6.16. The summed E-state index contributed by atoms with van der Waals surface area (Å²) in [7, 11) is 0. The first-order valence-electron chi connectivity index (χ1n) is 10.1. The lowest BCUT2D eigenvalue weighted by Gasteiger charge is -2.11. The summed E-state index contributed by atoms with van der Waals surface area (Å²) in [4.78, 5) is 21.5. The number of carbonyl (C=O) groups is 1. The Morgan fingerprint density at radius 3 is 2.37 bits per heavy atom. The van der Waals surface area contributed by atoms with Gasteiger partial charge in [0, 0.05) is 31.4 Å². The predicted octanol–water partition coefficient (Wildman–Crippen LogP) is 4.21. The second kappa shape index (κ2) is 8.78. The number of aryl methyl sites for hydroxylation is 2. The van der Waals surface area contributed by atoms with Crippen molar-refractivity contribution in [2.24, 2.45) is 0 Å². The van der Waals surface area contributed by atoms with E-state index < -0.39 is 0 Å². The molecular weight excluding hydrogens is 374 g/mol. The van der Waals surface area contributed by atoms with Crippen molar-refractivity contribution in [1.82, 2.24) is 25.2 Å². The molecule has 0 spiro atoms. The first-order valence-corrected chi connectivity index (χ1v) is 10.1.